The first kappa shape index (κ1) is 29.8. The van der Waals surface area contributed by atoms with Crippen LogP contribution in [0.1, 0.15) is 18.4 Å². The van der Waals surface area contributed by atoms with E-state index in [2.05, 4.69) is 20.9 Å². The Balaban J connectivity index is 0.000000286. The topological polar surface area (TPSA) is 122 Å². The summed E-state index contributed by atoms with van der Waals surface area (Å²) in [6.07, 6.45) is -0.755. The van der Waals surface area contributed by atoms with Crippen molar-refractivity contribution in [1.29, 1.82) is 0 Å². The molecule has 2 saturated heterocycles. The smallest absolute Gasteiger partial charge is 0.486 e. The van der Waals surface area contributed by atoms with Crippen molar-refractivity contribution in [3.8, 4) is 5.75 Å². The van der Waals surface area contributed by atoms with Crippen LogP contribution in [0.2, 0.25) is 0 Å². The monoisotopic (exact) mass is 539 g/mol. The van der Waals surface area contributed by atoms with Gasteiger partial charge in [-0.25, -0.2) is 9.59 Å². The number of aliphatic carboxylic acids is 2. The third-order valence-corrected chi connectivity index (χ3v) is 5.12. The molecule has 2 fully saturated rings. The lowest BCUT2D eigenvalue weighted by molar-refractivity contribution is -0.193. The first-order valence-corrected chi connectivity index (χ1v) is 10.6. The summed E-state index contributed by atoms with van der Waals surface area (Å²) in [5.41, 5.74) is 1.21. The van der Waals surface area contributed by atoms with Gasteiger partial charge in [-0.1, -0.05) is 6.07 Å². The number of halogens is 6. The Bertz CT molecular complexity index is 926. The number of carboxylic acids is 2. The van der Waals surface area contributed by atoms with Crippen LogP contribution >= 0.6 is 0 Å². The molecule has 0 aromatic carbocycles. The predicted octanol–water partition coefficient (Wildman–Crippen LogP) is 3.56. The van der Waals surface area contributed by atoms with Crippen LogP contribution in [-0.4, -0.2) is 80.8 Å². The number of ether oxygens (including phenoxy) is 2. The van der Waals surface area contributed by atoms with Gasteiger partial charge in [-0.05, 0) is 30.2 Å². The highest BCUT2D eigenvalue weighted by Gasteiger charge is 2.46. The fourth-order valence-corrected chi connectivity index (χ4v) is 3.58. The van der Waals surface area contributed by atoms with Crippen molar-refractivity contribution in [2.45, 2.75) is 43.4 Å². The van der Waals surface area contributed by atoms with E-state index in [9.17, 15) is 26.3 Å². The molecule has 2 N–H and O–H groups in total. The van der Waals surface area contributed by atoms with Crippen molar-refractivity contribution in [2.75, 3.05) is 19.7 Å². The minimum absolute atomic E-state index is 0.0465. The number of aromatic nitrogens is 2. The second-order valence-electron chi connectivity index (χ2n) is 8.05. The van der Waals surface area contributed by atoms with Gasteiger partial charge in [0.1, 0.15) is 11.9 Å². The zero-order valence-electron chi connectivity index (χ0n) is 19.1. The summed E-state index contributed by atoms with van der Waals surface area (Å²) in [7, 11) is 0. The molecule has 1 spiro atoms. The summed E-state index contributed by atoms with van der Waals surface area (Å²) >= 11 is 0. The molecule has 4 rings (SSSR count). The number of rotatable bonds is 4. The zero-order valence-corrected chi connectivity index (χ0v) is 19.1. The lowest BCUT2D eigenvalue weighted by Crippen LogP contribution is -2.33. The molecule has 2 aromatic rings. The van der Waals surface area contributed by atoms with Gasteiger partial charge in [-0.15, -0.1) is 0 Å². The van der Waals surface area contributed by atoms with E-state index in [0.29, 0.717) is 6.61 Å². The maximum atomic E-state index is 10.6. The van der Waals surface area contributed by atoms with Crippen molar-refractivity contribution >= 4 is 11.9 Å². The van der Waals surface area contributed by atoms with Crippen LogP contribution in [0.15, 0.2) is 49.1 Å². The van der Waals surface area contributed by atoms with Gasteiger partial charge in [0.05, 0.1) is 18.4 Å². The van der Waals surface area contributed by atoms with E-state index in [-0.39, 0.29) is 11.7 Å². The van der Waals surface area contributed by atoms with Crippen LogP contribution < -0.4 is 4.74 Å². The number of pyridine rings is 2. The molecule has 0 unspecified atom stereocenters. The molecule has 0 bridgehead atoms. The lowest BCUT2D eigenvalue weighted by Gasteiger charge is -2.23. The summed E-state index contributed by atoms with van der Waals surface area (Å²) in [6.45, 7) is 3.63. The minimum Gasteiger partial charge on any atom is -0.486 e. The molecule has 0 saturated carbocycles. The van der Waals surface area contributed by atoms with Gasteiger partial charge in [0.2, 0.25) is 0 Å². The molecular formula is C22H23F6N3O6. The first-order valence-electron chi connectivity index (χ1n) is 10.6. The van der Waals surface area contributed by atoms with Crippen molar-refractivity contribution in [3.63, 3.8) is 0 Å². The van der Waals surface area contributed by atoms with Crippen LogP contribution in [0.5, 0.6) is 5.75 Å². The maximum absolute atomic E-state index is 10.6. The van der Waals surface area contributed by atoms with Crippen molar-refractivity contribution in [1.82, 2.24) is 14.9 Å². The largest absolute Gasteiger partial charge is 0.490 e. The molecule has 2 aromatic heterocycles. The van der Waals surface area contributed by atoms with Crippen LogP contribution in [0.25, 0.3) is 0 Å². The molecule has 9 nitrogen and oxygen atoms in total. The number of carbonyl (C=O) groups is 2. The van der Waals surface area contributed by atoms with Crippen LogP contribution in [0.4, 0.5) is 26.3 Å². The Morgan fingerprint density at radius 3 is 2.08 bits per heavy atom. The van der Waals surface area contributed by atoms with Gasteiger partial charge in [-0.3, -0.25) is 14.9 Å². The quantitative estimate of drug-likeness (QED) is 0.562. The average Bonchev–Trinajstić information content (AvgIpc) is 3.40. The second kappa shape index (κ2) is 12.7. The van der Waals surface area contributed by atoms with E-state index in [0.717, 1.165) is 38.2 Å². The second-order valence-corrected chi connectivity index (χ2v) is 8.05. The number of hydrogen-bond donors (Lipinski definition) is 2. The standard InChI is InChI=1S/C18H21N3O2.2C2HF3O2/c1-3-15(10-19-6-1)12-21-8-5-18(14-21)9-17(13-22-18)23-16-4-2-7-20-11-16;2*3-2(4,5)1(6)7/h1-4,6-7,10-11,17H,5,8-9,12-14H2;2*(H,6,7)/t17-,18+;;/m1../s1. The molecular weight excluding hydrogens is 516 g/mol. The highest BCUT2D eigenvalue weighted by Crippen LogP contribution is 2.37. The Labute approximate surface area is 206 Å². The maximum Gasteiger partial charge on any atom is 0.490 e. The Morgan fingerprint density at radius 2 is 1.59 bits per heavy atom. The van der Waals surface area contributed by atoms with Crippen LogP contribution in [0.3, 0.4) is 0 Å². The lowest BCUT2D eigenvalue weighted by atomic mass is 9.98. The first-order chi connectivity index (χ1) is 17.2. The third kappa shape index (κ3) is 10.2. The molecule has 2 aliphatic heterocycles. The van der Waals surface area contributed by atoms with E-state index < -0.39 is 24.3 Å². The predicted molar refractivity (Wildman–Crippen MR) is 113 cm³/mol. The molecule has 2 aliphatic rings. The van der Waals surface area contributed by atoms with Gasteiger partial charge in [0, 0.05) is 44.6 Å². The number of hydrogen-bond acceptors (Lipinski definition) is 7. The van der Waals surface area contributed by atoms with Gasteiger partial charge in [0.15, 0.2) is 0 Å². The summed E-state index contributed by atoms with van der Waals surface area (Å²) in [5, 5.41) is 14.2. The van der Waals surface area contributed by atoms with Gasteiger partial charge in [0.25, 0.3) is 0 Å². The fraction of sp³-hybridized carbons (Fsp3) is 0.455. The van der Waals surface area contributed by atoms with Crippen molar-refractivity contribution < 1.29 is 55.6 Å². The normalized spacial score (nSPS) is 21.4. The van der Waals surface area contributed by atoms with E-state index >= 15 is 0 Å². The molecule has 4 heterocycles. The Hall–Kier alpha value is -3.46. The molecule has 0 radical (unpaired) electrons. The summed E-state index contributed by atoms with van der Waals surface area (Å²) < 4.78 is 75.6. The summed E-state index contributed by atoms with van der Waals surface area (Å²) in [6, 6.07) is 7.96. The van der Waals surface area contributed by atoms with Crippen molar-refractivity contribution in [2.24, 2.45) is 0 Å². The van der Waals surface area contributed by atoms with Gasteiger partial charge < -0.3 is 19.7 Å². The Kier molecular flexibility index (Phi) is 10.2. The molecule has 15 heteroatoms. The molecule has 2 atom stereocenters. The Morgan fingerprint density at radius 1 is 1.03 bits per heavy atom. The SMILES string of the molecule is O=C(O)C(F)(F)F.O=C(O)C(F)(F)F.c1cncc(CN2CC[C@]3(C[C@@H](Oc4cccnc4)CO3)C2)c1. The highest BCUT2D eigenvalue weighted by molar-refractivity contribution is 5.73. The summed E-state index contributed by atoms with van der Waals surface area (Å²) in [5.74, 6) is -4.69. The molecule has 0 amide bonds. The highest BCUT2D eigenvalue weighted by atomic mass is 19.4. The number of alkyl halides is 6. The van der Waals surface area contributed by atoms with E-state index in [1.165, 1.54) is 5.56 Å². The molecule has 204 valence electrons. The van der Waals surface area contributed by atoms with E-state index in [4.69, 9.17) is 29.3 Å². The van der Waals surface area contributed by atoms with Crippen molar-refractivity contribution in [3.05, 3.63) is 54.6 Å². The number of nitrogens with zero attached hydrogens (tertiary/aromatic N) is 3. The zero-order chi connectivity index (χ0) is 27.7. The van der Waals surface area contributed by atoms with Crippen LogP contribution in [-0.2, 0) is 20.9 Å². The third-order valence-electron chi connectivity index (χ3n) is 5.12. The van der Waals surface area contributed by atoms with Gasteiger partial charge in [-0.2, -0.15) is 26.3 Å². The van der Waals surface area contributed by atoms with Crippen LogP contribution in [0, 0.1) is 0 Å². The fourth-order valence-electron chi connectivity index (χ4n) is 3.58. The number of carboxylic acid groups (broad SMARTS) is 2. The van der Waals surface area contributed by atoms with Gasteiger partial charge >= 0.3 is 24.3 Å². The molecule has 37 heavy (non-hydrogen) atoms. The van der Waals surface area contributed by atoms with E-state index in [1.807, 2.05) is 30.6 Å². The minimum atomic E-state index is -5.08. The summed E-state index contributed by atoms with van der Waals surface area (Å²) in [4.78, 5) is 28.5. The molecule has 0 aliphatic carbocycles. The number of likely N-dealkylation sites (tertiary alicyclic amines) is 1. The average molecular weight is 539 g/mol. The van der Waals surface area contributed by atoms with E-state index in [1.54, 1.807) is 12.4 Å².